The third kappa shape index (κ3) is 1.53. The fourth-order valence-corrected chi connectivity index (χ4v) is 1.04. The Kier molecular flexibility index (Phi) is 1.72. The van der Waals surface area contributed by atoms with Gasteiger partial charge in [0.15, 0.2) is 0 Å². The molecule has 5 heteroatoms. The van der Waals surface area contributed by atoms with Crippen molar-refractivity contribution in [1.29, 1.82) is 0 Å². The SMILES string of the molecule is CC1(Nc2nnc(CCl)o2)CC1. The molecular formula is C7H10ClN3O. The molecule has 1 aliphatic carbocycles. The van der Waals surface area contributed by atoms with Crippen molar-refractivity contribution in [2.75, 3.05) is 5.32 Å². The van der Waals surface area contributed by atoms with Crippen molar-refractivity contribution >= 4 is 17.6 Å². The van der Waals surface area contributed by atoms with Crippen molar-refractivity contribution < 1.29 is 4.42 Å². The molecule has 0 saturated heterocycles. The second kappa shape index (κ2) is 2.62. The Labute approximate surface area is 75.3 Å². The predicted molar refractivity (Wildman–Crippen MR) is 45.1 cm³/mol. The van der Waals surface area contributed by atoms with Crippen molar-refractivity contribution in [3.63, 3.8) is 0 Å². The minimum atomic E-state index is 0.177. The monoisotopic (exact) mass is 187 g/mol. The number of hydrogen-bond acceptors (Lipinski definition) is 4. The molecule has 1 N–H and O–H groups in total. The highest BCUT2D eigenvalue weighted by atomic mass is 35.5. The smallest absolute Gasteiger partial charge is 0.315 e. The fourth-order valence-electron chi connectivity index (χ4n) is 0.929. The van der Waals surface area contributed by atoms with Crippen molar-refractivity contribution in [1.82, 2.24) is 10.2 Å². The lowest BCUT2D eigenvalue weighted by molar-refractivity contribution is 0.518. The van der Waals surface area contributed by atoms with Crippen molar-refractivity contribution in [3.8, 4) is 0 Å². The van der Waals surface area contributed by atoms with E-state index in [2.05, 4.69) is 22.4 Å². The molecule has 1 saturated carbocycles. The molecule has 0 atom stereocenters. The van der Waals surface area contributed by atoms with Gasteiger partial charge in [-0.2, -0.15) is 0 Å². The third-order valence-corrected chi connectivity index (χ3v) is 2.22. The first-order chi connectivity index (χ1) is 5.72. The molecule has 1 fully saturated rings. The van der Waals surface area contributed by atoms with Crippen LogP contribution >= 0.6 is 11.6 Å². The molecule has 4 nitrogen and oxygen atoms in total. The Balaban J connectivity index is 2.03. The van der Waals surface area contributed by atoms with Crippen LogP contribution < -0.4 is 5.32 Å². The average Bonchev–Trinajstić information content (AvgIpc) is 2.63. The van der Waals surface area contributed by atoms with E-state index in [4.69, 9.17) is 16.0 Å². The maximum absolute atomic E-state index is 5.50. The number of hydrogen-bond donors (Lipinski definition) is 1. The lowest BCUT2D eigenvalue weighted by Gasteiger charge is -2.06. The number of rotatable bonds is 3. The lowest BCUT2D eigenvalue weighted by Crippen LogP contribution is -2.15. The summed E-state index contributed by atoms with van der Waals surface area (Å²) >= 11 is 5.50. The summed E-state index contributed by atoms with van der Waals surface area (Å²) in [5.41, 5.74) is 0.177. The number of alkyl halides is 1. The van der Waals surface area contributed by atoms with Crippen LogP contribution in [0.3, 0.4) is 0 Å². The summed E-state index contributed by atoms with van der Waals surface area (Å²) in [6.45, 7) is 2.12. The zero-order valence-corrected chi connectivity index (χ0v) is 7.56. The summed E-state index contributed by atoms with van der Waals surface area (Å²) in [7, 11) is 0. The van der Waals surface area contributed by atoms with Crippen LogP contribution in [0, 0.1) is 0 Å². The molecule has 2 rings (SSSR count). The average molecular weight is 188 g/mol. The molecule has 0 radical (unpaired) electrons. The molecule has 0 amide bonds. The molecular weight excluding hydrogens is 178 g/mol. The predicted octanol–water partition coefficient (Wildman–Crippen LogP) is 1.77. The van der Waals surface area contributed by atoms with Gasteiger partial charge in [0.2, 0.25) is 5.89 Å². The number of anilines is 1. The van der Waals surface area contributed by atoms with E-state index < -0.39 is 0 Å². The van der Waals surface area contributed by atoms with Gasteiger partial charge in [-0.25, -0.2) is 0 Å². The largest absolute Gasteiger partial charge is 0.407 e. The Morgan fingerprint density at radius 1 is 1.58 bits per heavy atom. The van der Waals surface area contributed by atoms with Gasteiger partial charge in [0.05, 0.1) is 0 Å². The standard InChI is InChI=1S/C7H10ClN3O/c1-7(2-3-7)9-6-11-10-5(4-8)12-6/h2-4H2,1H3,(H,9,11). The van der Waals surface area contributed by atoms with Crippen LogP contribution in [0.25, 0.3) is 0 Å². The first-order valence-electron chi connectivity index (χ1n) is 3.88. The van der Waals surface area contributed by atoms with E-state index in [1.165, 1.54) is 0 Å². The third-order valence-electron chi connectivity index (χ3n) is 1.99. The highest BCUT2D eigenvalue weighted by Gasteiger charge is 2.38. The summed E-state index contributed by atoms with van der Waals surface area (Å²) in [5, 5.41) is 10.7. The molecule has 12 heavy (non-hydrogen) atoms. The van der Waals surface area contributed by atoms with Gasteiger partial charge in [0.25, 0.3) is 0 Å². The Morgan fingerprint density at radius 2 is 2.33 bits per heavy atom. The summed E-state index contributed by atoms with van der Waals surface area (Å²) in [6.07, 6.45) is 2.32. The molecule has 1 heterocycles. The van der Waals surface area contributed by atoms with Gasteiger partial charge in [-0.1, -0.05) is 5.10 Å². The Bertz CT molecular complexity index is 282. The van der Waals surface area contributed by atoms with Crippen molar-refractivity contribution in [2.45, 2.75) is 31.2 Å². The van der Waals surface area contributed by atoms with E-state index in [1.807, 2.05) is 0 Å². The van der Waals surface area contributed by atoms with Gasteiger partial charge < -0.3 is 9.73 Å². The van der Waals surface area contributed by atoms with E-state index in [0.29, 0.717) is 11.9 Å². The van der Waals surface area contributed by atoms with Gasteiger partial charge in [0.1, 0.15) is 5.88 Å². The van der Waals surface area contributed by atoms with Crippen LogP contribution in [0.5, 0.6) is 0 Å². The van der Waals surface area contributed by atoms with Crippen molar-refractivity contribution in [2.24, 2.45) is 0 Å². The molecule has 0 aromatic carbocycles. The maximum atomic E-state index is 5.50. The first-order valence-corrected chi connectivity index (χ1v) is 4.42. The molecule has 0 bridgehead atoms. The number of nitrogens with zero attached hydrogens (tertiary/aromatic N) is 2. The summed E-state index contributed by atoms with van der Waals surface area (Å²) in [6, 6.07) is 0.477. The summed E-state index contributed by atoms with van der Waals surface area (Å²) < 4.78 is 5.18. The number of halogens is 1. The van der Waals surface area contributed by atoms with Gasteiger partial charge in [-0.15, -0.1) is 16.7 Å². The van der Waals surface area contributed by atoms with Crippen LogP contribution in [-0.4, -0.2) is 15.7 Å². The van der Waals surface area contributed by atoms with Crippen molar-refractivity contribution in [3.05, 3.63) is 5.89 Å². The second-order valence-electron chi connectivity index (χ2n) is 3.32. The molecule has 0 unspecified atom stereocenters. The van der Waals surface area contributed by atoms with Gasteiger partial charge >= 0.3 is 6.01 Å². The van der Waals surface area contributed by atoms with E-state index in [0.717, 1.165) is 12.8 Å². The van der Waals surface area contributed by atoms with Crippen LogP contribution in [0.2, 0.25) is 0 Å². The topological polar surface area (TPSA) is 51.0 Å². The maximum Gasteiger partial charge on any atom is 0.315 e. The van der Waals surface area contributed by atoms with Crippen LogP contribution in [-0.2, 0) is 5.88 Å². The van der Waals surface area contributed by atoms with Gasteiger partial charge in [0, 0.05) is 5.54 Å². The molecule has 0 spiro atoms. The Morgan fingerprint density at radius 3 is 2.83 bits per heavy atom. The quantitative estimate of drug-likeness (QED) is 0.733. The zero-order chi connectivity index (χ0) is 8.60. The van der Waals surface area contributed by atoms with Gasteiger partial charge in [-0.05, 0) is 19.8 Å². The van der Waals surface area contributed by atoms with E-state index in [1.54, 1.807) is 0 Å². The Hall–Kier alpha value is -0.770. The van der Waals surface area contributed by atoms with Gasteiger partial charge in [-0.3, -0.25) is 0 Å². The molecule has 1 aliphatic rings. The molecule has 1 aromatic heterocycles. The lowest BCUT2D eigenvalue weighted by atomic mass is 10.3. The van der Waals surface area contributed by atoms with Crippen LogP contribution in [0.4, 0.5) is 6.01 Å². The fraction of sp³-hybridized carbons (Fsp3) is 0.714. The zero-order valence-electron chi connectivity index (χ0n) is 6.80. The molecule has 0 aliphatic heterocycles. The first kappa shape index (κ1) is 7.86. The number of aromatic nitrogens is 2. The summed E-state index contributed by atoms with van der Waals surface area (Å²) in [4.78, 5) is 0. The van der Waals surface area contributed by atoms with E-state index in [9.17, 15) is 0 Å². The minimum absolute atomic E-state index is 0.177. The second-order valence-corrected chi connectivity index (χ2v) is 3.59. The molecule has 66 valence electrons. The highest BCUT2D eigenvalue weighted by Crippen LogP contribution is 2.37. The minimum Gasteiger partial charge on any atom is -0.407 e. The normalized spacial score (nSPS) is 19.2. The van der Waals surface area contributed by atoms with E-state index >= 15 is 0 Å². The number of nitrogens with one attached hydrogen (secondary N) is 1. The highest BCUT2D eigenvalue weighted by molar-refractivity contribution is 6.16. The van der Waals surface area contributed by atoms with Crippen LogP contribution in [0.1, 0.15) is 25.7 Å². The van der Waals surface area contributed by atoms with Crippen LogP contribution in [0.15, 0.2) is 4.42 Å². The van der Waals surface area contributed by atoms with E-state index in [-0.39, 0.29) is 11.4 Å². The molecule has 1 aromatic rings. The summed E-state index contributed by atoms with van der Waals surface area (Å²) in [5.74, 6) is 0.731.